The number of alkyl halides is 4. The van der Waals surface area contributed by atoms with Gasteiger partial charge in [0.15, 0.2) is 0 Å². The molecule has 16 heavy (non-hydrogen) atoms. The molecule has 0 saturated heterocycles. The van der Waals surface area contributed by atoms with Crippen LogP contribution in [0.1, 0.15) is 0 Å². The summed E-state index contributed by atoms with van der Waals surface area (Å²) in [4.78, 5) is 17.4. The smallest absolute Gasteiger partial charge is 0.267 e. The Morgan fingerprint density at radius 2 is 2.00 bits per heavy atom. The largest absolute Gasteiger partial charge is 0.451 e. The van der Waals surface area contributed by atoms with Gasteiger partial charge in [0.05, 0.1) is 16.7 Å². The topological polar surface area (TPSA) is 41.8 Å². The highest BCUT2D eigenvalue weighted by Gasteiger charge is 2.40. The van der Waals surface area contributed by atoms with Gasteiger partial charge in [-0.1, -0.05) is 6.08 Å². The number of rotatable bonds is 0. The predicted octanol–water partition coefficient (Wildman–Crippen LogP) is 2.03. The third-order valence-electron chi connectivity index (χ3n) is 1.96. The summed E-state index contributed by atoms with van der Waals surface area (Å²) in [5, 5.41) is -0.527. The normalized spacial score (nSPS) is 24.6. The molecule has 0 spiro atoms. The molecule has 0 saturated carbocycles. The van der Waals surface area contributed by atoms with E-state index in [2.05, 4.69) is 9.98 Å². The molecule has 0 aromatic carbocycles. The maximum atomic E-state index is 12.3. The molecule has 0 fully saturated rings. The highest BCUT2D eigenvalue weighted by Crippen LogP contribution is 2.25. The second-order valence-corrected chi connectivity index (χ2v) is 3.62. The summed E-state index contributed by atoms with van der Waals surface area (Å²) in [5.74, 6) is -2.39. The van der Waals surface area contributed by atoms with Crippen LogP contribution in [0.25, 0.3) is 0 Å². The summed E-state index contributed by atoms with van der Waals surface area (Å²) < 4.78 is 36.9. The fraction of sp³-hybridized carbons (Fsp3) is 0.222. The van der Waals surface area contributed by atoms with Crippen molar-refractivity contribution in [1.82, 2.24) is 0 Å². The van der Waals surface area contributed by atoms with Gasteiger partial charge >= 0.3 is 6.18 Å². The van der Waals surface area contributed by atoms with Crippen LogP contribution in [0.5, 0.6) is 0 Å². The number of amides is 1. The van der Waals surface area contributed by atoms with Gasteiger partial charge in [-0.2, -0.15) is 18.2 Å². The van der Waals surface area contributed by atoms with E-state index in [1.165, 1.54) is 18.2 Å². The fourth-order valence-electron chi connectivity index (χ4n) is 1.27. The van der Waals surface area contributed by atoms with Crippen LogP contribution >= 0.6 is 11.6 Å². The highest BCUT2D eigenvalue weighted by molar-refractivity contribution is 6.35. The molecule has 1 aliphatic carbocycles. The molecule has 1 atom stereocenters. The Balaban J connectivity index is 2.45. The lowest BCUT2D eigenvalue weighted by atomic mass is 10.0. The number of halogens is 4. The standard InChI is InChI=1S/C9H4ClF3N2O/c10-4-1-2-6-5(3-4)7(16)15-8(14-6)9(11,12)13/h1-4H. The Morgan fingerprint density at radius 3 is 2.62 bits per heavy atom. The number of nitrogens with zero attached hydrogens (tertiary/aromatic N) is 2. The van der Waals surface area contributed by atoms with E-state index in [1.807, 2.05) is 0 Å². The number of amidine groups is 1. The molecule has 1 amide bonds. The van der Waals surface area contributed by atoms with Crippen LogP contribution in [0, 0.1) is 0 Å². The van der Waals surface area contributed by atoms with Crippen molar-refractivity contribution >= 4 is 29.1 Å². The molecule has 0 N–H and O–H groups in total. The second-order valence-electron chi connectivity index (χ2n) is 3.12. The Morgan fingerprint density at radius 1 is 1.31 bits per heavy atom. The van der Waals surface area contributed by atoms with Gasteiger partial charge in [0.1, 0.15) is 0 Å². The van der Waals surface area contributed by atoms with Crippen molar-refractivity contribution in [3.05, 3.63) is 23.8 Å². The van der Waals surface area contributed by atoms with E-state index in [0.717, 1.165) is 0 Å². The maximum absolute atomic E-state index is 12.3. The lowest BCUT2D eigenvalue weighted by molar-refractivity contribution is -0.114. The molecule has 0 bridgehead atoms. The summed E-state index contributed by atoms with van der Waals surface area (Å²) in [6.45, 7) is 0. The Bertz CT molecular complexity index is 474. The first-order valence-corrected chi connectivity index (χ1v) is 4.65. The van der Waals surface area contributed by atoms with E-state index >= 15 is 0 Å². The first-order chi connectivity index (χ1) is 7.38. The Labute approximate surface area is 93.0 Å². The third kappa shape index (κ3) is 1.92. The minimum absolute atomic E-state index is 0.00972. The molecule has 0 aromatic rings. The van der Waals surface area contributed by atoms with Crippen LogP contribution in [0.3, 0.4) is 0 Å². The van der Waals surface area contributed by atoms with E-state index < -0.39 is 23.3 Å². The maximum Gasteiger partial charge on any atom is 0.451 e. The lowest BCUT2D eigenvalue weighted by Crippen LogP contribution is -2.30. The molecule has 1 heterocycles. The predicted molar refractivity (Wildman–Crippen MR) is 52.8 cm³/mol. The molecule has 7 heteroatoms. The van der Waals surface area contributed by atoms with Crippen molar-refractivity contribution in [3.63, 3.8) is 0 Å². The number of carbonyl (C=O) groups is 1. The quantitative estimate of drug-likeness (QED) is 0.605. The Hall–Kier alpha value is -1.43. The van der Waals surface area contributed by atoms with Gasteiger partial charge in [-0.3, -0.25) is 4.79 Å². The van der Waals surface area contributed by atoms with Crippen LogP contribution in [-0.4, -0.2) is 29.0 Å². The fourth-order valence-corrected chi connectivity index (χ4v) is 1.47. The molecule has 0 radical (unpaired) electrons. The van der Waals surface area contributed by atoms with Gasteiger partial charge in [0.25, 0.3) is 5.91 Å². The van der Waals surface area contributed by atoms with Gasteiger partial charge in [-0.15, -0.1) is 11.6 Å². The first-order valence-electron chi connectivity index (χ1n) is 4.21. The Kier molecular flexibility index (Phi) is 2.46. The molecule has 1 aliphatic heterocycles. The zero-order valence-corrected chi connectivity index (χ0v) is 8.38. The number of aliphatic imine (C=N–C) groups is 2. The molecule has 84 valence electrons. The van der Waals surface area contributed by atoms with Crippen molar-refractivity contribution in [2.45, 2.75) is 11.6 Å². The lowest BCUT2D eigenvalue weighted by Gasteiger charge is -2.16. The number of hydrogen-bond donors (Lipinski definition) is 0. The SMILES string of the molecule is O=C1N=C(C(F)(F)F)N=C2C=CC(Cl)C=C12. The number of allylic oxidation sites excluding steroid dienone is 3. The molecule has 1 unspecified atom stereocenters. The molecular formula is C9H4ClF3N2O. The van der Waals surface area contributed by atoms with Crippen molar-refractivity contribution < 1.29 is 18.0 Å². The molecule has 2 rings (SSSR count). The average Bonchev–Trinajstić information content (AvgIpc) is 2.17. The van der Waals surface area contributed by atoms with Gasteiger partial charge < -0.3 is 0 Å². The van der Waals surface area contributed by atoms with E-state index in [1.54, 1.807) is 0 Å². The van der Waals surface area contributed by atoms with Crippen molar-refractivity contribution in [2.75, 3.05) is 0 Å². The van der Waals surface area contributed by atoms with Crippen LogP contribution in [0.15, 0.2) is 33.8 Å². The summed E-state index contributed by atoms with van der Waals surface area (Å²) in [5.41, 5.74) is -0.0419. The molecule has 3 nitrogen and oxygen atoms in total. The summed E-state index contributed by atoms with van der Waals surface area (Å²) in [6.07, 6.45) is -0.680. The minimum Gasteiger partial charge on any atom is -0.267 e. The number of fused-ring (bicyclic) bond motifs is 1. The molecule has 2 aliphatic rings. The second kappa shape index (κ2) is 3.55. The van der Waals surface area contributed by atoms with Gasteiger partial charge in [0.2, 0.25) is 5.84 Å². The molecule has 0 aromatic heterocycles. The summed E-state index contributed by atoms with van der Waals surface area (Å²) in [6, 6.07) is 0. The van der Waals surface area contributed by atoms with Gasteiger partial charge in [-0.05, 0) is 12.2 Å². The van der Waals surface area contributed by atoms with E-state index in [4.69, 9.17) is 11.6 Å². The average molecular weight is 249 g/mol. The highest BCUT2D eigenvalue weighted by atomic mass is 35.5. The zero-order chi connectivity index (χ0) is 11.9. The number of carbonyl (C=O) groups excluding carboxylic acids is 1. The van der Waals surface area contributed by atoms with Crippen LogP contribution in [0.4, 0.5) is 13.2 Å². The molecular weight excluding hydrogens is 245 g/mol. The van der Waals surface area contributed by atoms with Gasteiger partial charge in [0, 0.05) is 0 Å². The third-order valence-corrected chi connectivity index (χ3v) is 2.23. The minimum atomic E-state index is -4.72. The number of hydrogen-bond acceptors (Lipinski definition) is 2. The van der Waals surface area contributed by atoms with Crippen molar-refractivity contribution in [3.8, 4) is 0 Å². The van der Waals surface area contributed by atoms with Crippen molar-refractivity contribution in [2.24, 2.45) is 9.98 Å². The monoisotopic (exact) mass is 248 g/mol. The van der Waals surface area contributed by atoms with E-state index in [-0.39, 0.29) is 11.3 Å². The summed E-state index contributed by atoms with van der Waals surface area (Å²) >= 11 is 5.69. The van der Waals surface area contributed by atoms with Crippen LogP contribution < -0.4 is 0 Å². The van der Waals surface area contributed by atoms with Gasteiger partial charge in [-0.25, -0.2) is 4.99 Å². The van der Waals surface area contributed by atoms with E-state index in [9.17, 15) is 18.0 Å². The van der Waals surface area contributed by atoms with E-state index in [0.29, 0.717) is 0 Å². The van der Waals surface area contributed by atoms with Crippen LogP contribution in [0.2, 0.25) is 0 Å². The first kappa shape index (κ1) is 11.1. The summed E-state index contributed by atoms with van der Waals surface area (Å²) in [7, 11) is 0. The van der Waals surface area contributed by atoms with Crippen LogP contribution in [-0.2, 0) is 4.79 Å². The zero-order valence-electron chi connectivity index (χ0n) is 7.62. The van der Waals surface area contributed by atoms with Crippen molar-refractivity contribution in [1.29, 1.82) is 0 Å².